The summed E-state index contributed by atoms with van der Waals surface area (Å²) in [5, 5.41) is 11.9. The molecule has 2 N–H and O–H groups in total. The van der Waals surface area contributed by atoms with Crippen LogP contribution in [0.25, 0.3) is 0 Å². The normalized spacial score (nSPS) is 16.9. The summed E-state index contributed by atoms with van der Waals surface area (Å²) < 4.78 is 1.84. The van der Waals surface area contributed by atoms with E-state index in [2.05, 4.69) is 5.32 Å². The molecule has 0 spiro atoms. The van der Waals surface area contributed by atoms with E-state index in [9.17, 15) is 14.7 Å². The third kappa shape index (κ3) is 2.12. The highest BCUT2D eigenvalue weighted by Crippen LogP contribution is 2.40. The molecule has 98 valence electrons. The Kier molecular flexibility index (Phi) is 3.41. The van der Waals surface area contributed by atoms with E-state index in [4.69, 9.17) is 0 Å². The van der Waals surface area contributed by atoms with Gasteiger partial charge in [-0.1, -0.05) is 6.42 Å². The Morgan fingerprint density at radius 1 is 1.50 bits per heavy atom. The number of hydrogen-bond acceptors (Lipinski definition) is 2. The maximum atomic E-state index is 12.0. The second-order valence-electron chi connectivity index (χ2n) is 4.80. The second kappa shape index (κ2) is 4.84. The monoisotopic (exact) mass is 250 g/mol. The zero-order chi connectivity index (χ0) is 13.2. The fourth-order valence-corrected chi connectivity index (χ4v) is 2.31. The molecule has 1 fully saturated rings. The van der Waals surface area contributed by atoms with Gasteiger partial charge in [0, 0.05) is 19.3 Å². The zero-order valence-corrected chi connectivity index (χ0v) is 10.5. The topological polar surface area (TPSA) is 71.3 Å². The number of hydrogen-bond donors (Lipinski definition) is 2. The third-order valence-corrected chi connectivity index (χ3v) is 3.75. The number of carboxylic acids is 1. The van der Waals surface area contributed by atoms with Crippen LogP contribution in [0.5, 0.6) is 0 Å². The number of rotatable bonds is 5. The molecule has 5 heteroatoms. The van der Waals surface area contributed by atoms with Gasteiger partial charge in [-0.25, -0.2) is 0 Å². The molecule has 18 heavy (non-hydrogen) atoms. The Morgan fingerprint density at radius 3 is 2.72 bits per heavy atom. The predicted octanol–water partition coefficient (Wildman–Crippen LogP) is 1.49. The fraction of sp³-hybridized carbons (Fsp3) is 0.538. The highest BCUT2D eigenvalue weighted by Gasteiger charge is 2.44. The lowest BCUT2D eigenvalue weighted by molar-refractivity contribution is -0.153. The summed E-state index contributed by atoms with van der Waals surface area (Å²) in [4.78, 5) is 23.1. The molecule has 1 saturated carbocycles. The lowest BCUT2D eigenvalue weighted by atomic mass is 9.69. The molecule has 5 nitrogen and oxygen atoms in total. The van der Waals surface area contributed by atoms with E-state index in [-0.39, 0.29) is 12.5 Å². The Hall–Kier alpha value is -1.78. The van der Waals surface area contributed by atoms with Crippen molar-refractivity contribution in [2.75, 3.05) is 6.54 Å². The summed E-state index contributed by atoms with van der Waals surface area (Å²) in [5.74, 6) is -1.01. The number of carbonyl (C=O) groups is 2. The standard InChI is InChI=1S/C13H18N2O3/c1-2-15-8-3-5-10(15)11(16)14-9-13(12(17)18)6-4-7-13/h3,5,8H,2,4,6-7,9H2,1H3,(H,14,16)(H,17,18). The van der Waals surface area contributed by atoms with E-state index < -0.39 is 11.4 Å². The molecule has 0 unspecified atom stereocenters. The minimum Gasteiger partial charge on any atom is -0.481 e. The van der Waals surface area contributed by atoms with Crippen LogP contribution in [-0.2, 0) is 11.3 Å². The highest BCUT2D eigenvalue weighted by atomic mass is 16.4. The van der Waals surface area contributed by atoms with Crippen molar-refractivity contribution in [2.24, 2.45) is 5.41 Å². The minimum atomic E-state index is -0.806. The van der Waals surface area contributed by atoms with E-state index in [1.807, 2.05) is 23.8 Å². The van der Waals surface area contributed by atoms with E-state index in [0.29, 0.717) is 18.5 Å². The summed E-state index contributed by atoms with van der Waals surface area (Å²) in [6.07, 6.45) is 4.06. The average Bonchev–Trinajstić information content (AvgIpc) is 2.74. The van der Waals surface area contributed by atoms with Gasteiger partial charge >= 0.3 is 5.97 Å². The first kappa shape index (κ1) is 12.7. The van der Waals surface area contributed by atoms with Gasteiger partial charge in [-0.05, 0) is 31.9 Å². The van der Waals surface area contributed by atoms with Crippen LogP contribution in [0.1, 0.15) is 36.7 Å². The SMILES string of the molecule is CCn1cccc1C(=O)NCC1(C(=O)O)CCC1. The van der Waals surface area contributed by atoms with Crippen LogP contribution in [0.15, 0.2) is 18.3 Å². The molecule has 1 aliphatic rings. The van der Waals surface area contributed by atoms with Crippen LogP contribution in [0, 0.1) is 5.41 Å². The first-order valence-corrected chi connectivity index (χ1v) is 6.26. The number of nitrogens with zero attached hydrogens (tertiary/aromatic N) is 1. The number of aromatic nitrogens is 1. The van der Waals surface area contributed by atoms with Gasteiger partial charge in [-0.15, -0.1) is 0 Å². The molecule has 2 rings (SSSR count). The first-order chi connectivity index (χ1) is 8.59. The van der Waals surface area contributed by atoms with Crippen LogP contribution in [0.3, 0.4) is 0 Å². The van der Waals surface area contributed by atoms with Crippen molar-refractivity contribution < 1.29 is 14.7 Å². The molecule has 0 radical (unpaired) electrons. The van der Waals surface area contributed by atoms with Crippen molar-refractivity contribution in [2.45, 2.75) is 32.7 Å². The van der Waals surface area contributed by atoms with E-state index in [0.717, 1.165) is 13.0 Å². The predicted molar refractivity (Wildman–Crippen MR) is 66.4 cm³/mol. The van der Waals surface area contributed by atoms with Crippen LogP contribution in [-0.4, -0.2) is 28.1 Å². The molecule has 1 heterocycles. The first-order valence-electron chi connectivity index (χ1n) is 6.26. The molecule has 1 amide bonds. The Labute approximate surface area is 106 Å². The average molecular weight is 250 g/mol. The van der Waals surface area contributed by atoms with Gasteiger partial charge in [0.1, 0.15) is 5.69 Å². The molecule has 0 bridgehead atoms. The van der Waals surface area contributed by atoms with Gasteiger partial charge in [-0.2, -0.15) is 0 Å². The van der Waals surface area contributed by atoms with Crippen LogP contribution >= 0.6 is 0 Å². The van der Waals surface area contributed by atoms with Crippen LogP contribution in [0.2, 0.25) is 0 Å². The molecule has 0 saturated heterocycles. The molecule has 0 aromatic carbocycles. The highest BCUT2D eigenvalue weighted by molar-refractivity contribution is 5.93. The largest absolute Gasteiger partial charge is 0.481 e. The van der Waals surface area contributed by atoms with E-state index in [1.54, 1.807) is 6.07 Å². The van der Waals surface area contributed by atoms with E-state index in [1.165, 1.54) is 0 Å². The second-order valence-corrected chi connectivity index (χ2v) is 4.80. The smallest absolute Gasteiger partial charge is 0.311 e. The fourth-order valence-electron chi connectivity index (χ4n) is 2.31. The number of carboxylic acid groups (broad SMARTS) is 1. The summed E-state index contributed by atoms with van der Waals surface area (Å²) in [5.41, 5.74) is -0.156. The minimum absolute atomic E-state index is 0.200. The van der Waals surface area contributed by atoms with Crippen molar-refractivity contribution in [3.8, 4) is 0 Å². The van der Waals surface area contributed by atoms with Gasteiger partial charge in [-0.3, -0.25) is 9.59 Å². The van der Waals surface area contributed by atoms with Crippen molar-refractivity contribution in [1.29, 1.82) is 0 Å². The quantitative estimate of drug-likeness (QED) is 0.831. The maximum absolute atomic E-state index is 12.0. The lowest BCUT2D eigenvalue weighted by Crippen LogP contribution is -2.47. The maximum Gasteiger partial charge on any atom is 0.311 e. The van der Waals surface area contributed by atoms with Gasteiger partial charge in [0.2, 0.25) is 0 Å². The molecule has 1 aromatic rings. The number of nitrogens with one attached hydrogen (secondary N) is 1. The van der Waals surface area contributed by atoms with Gasteiger partial charge in [0.15, 0.2) is 0 Å². The van der Waals surface area contributed by atoms with Gasteiger partial charge < -0.3 is 15.0 Å². The van der Waals surface area contributed by atoms with Crippen molar-refractivity contribution in [1.82, 2.24) is 9.88 Å². The molecule has 0 atom stereocenters. The lowest BCUT2D eigenvalue weighted by Gasteiger charge is -2.37. The van der Waals surface area contributed by atoms with E-state index >= 15 is 0 Å². The molecule has 1 aromatic heterocycles. The van der Waals surface area contributed by atoms with Crippen molar-refractivity contribution in [3.63, 3.8) is 0 Å². The summed E-state index contributed by atoms with van der Waals surface area (Å²) in [7, 11) is 0. The molecular weight excluding hydrogens is 232 g/mol. The number of carbonyl (C=O) groups excluding carboxylic acids is 1. The zero-order valence-electron chi connectivity index (χ0n) is 10.5. The summed E-state index contributed by atoms with van der Waals surface area (Å²) in [6, 6.07) is 3.56. The van der Waals surface area contributed by atoms with Crippen molar-refractivity contribution >= 4 is 11.9 Å². The summed E-state index contributed by atoms with van der Waals surface area (Å²) in [6.45, 7) is 2.90. The molecular formula is C13H18N2O3. The Bertz CT molecular complexity index is 461. The third-order valence-electron chi connectivity index (χ3n) is 3.75. The Morgan fingerprint density at radius 2 is 2.22 bits per heavy atom. The summed E-state index contributed by atoms with van der Waals surface area (Å²) >= 11 is 0. The molecule has 1 aliphatic carbocycles. The number of aryl methyl sites for hydroxylation is 1. The van der Waals surface area contributed by atoms with Crippen LogP contribution < -0.4 is 5.32 Å². The number of aliphatic carboxylic acids is 1. The number of amides is 1. The Balaban J connectivity index is 1.98. The van der Waals surface area contributed by atoms with Crippen molar-refractivity contribution in [3.05, 3.63) is 24.0 Å². The molecule has 0 aliphatic heterocycles. The van der Waals surface area contributed by atoms with Gasteiger partial charge in [0.25, 0.3) is 5.91 Å². The van der Waals surface area contributed by atoms with Gasteiger partial charge in [0.05, 0.1) is 5.41 Å². The van der Waals surface area contributed by atoms with Crippen LogP contribution in [0.4, 0.5) is 0 Å².